The number of rotatable bonds is 6. The number of hydrogen-bond acceptors (Lipinski definition) is 4. The molecule has 0 saturated heterocycles. The van der Waals surface area contributed by atoms with Crippen LogP contribution in [0.3, 0.4) is 0 Å². The molecule has 0 aromatic heterocycles. The SMILES string of the molecule is Nc1cc(C(=O)OCCCCCO)ccc1Cl. The number of nitrogen functional groups attached to an aromatic ring is 1. The van der Waals surface area contributed by atoms with Crippen LogP contribution < -0.4 is 5.73 Å². The maximum atomic E-state index is 11.6. The Kier molecular flexibility index (Phi) is 5.80. The van der Waals surface area contributed by atoms with E-state index < -0.39 is 5.97 Å². The van der Waals surface area contributed by atoms with E-state index in [2.05, 4.69) is 0 Å². The van der Waals surface area contributed by atoms with Crippen LogP contribution in [-0.2, 0) is 4.74 Å². The first-order valence-corrected chi connectivity index (χ1v) is 5.86. The van der Waals surface area contributed by atoms with Gasteiger partial charge in [0, 0.05) is 6.61 Å². The number of halogens is 1. The fourth-order valence-corrected chi connectivity index (χ4v) is 1.43. The van der Waals surface area contributed by atoms with E-state index in [1.165, 1.54) is 6.07 Å². The molecule has 0 spiro atoms. The Balaban J connectivity index is 2.39. The van der Waals surface area contributed by atoms with Gasteiger partial charge >= 0.3 is 5.97 Å². The Bertz CT molecular complexity index is 382. The molecule has 0 fully saturated rings. The zero-order valence-corrected chi connectivity index (χ0v) is 10.2. The molecule has 94 valence electrons. The average molecular weight is 258 g/mol. The molecule has 0 unspecified atom stereocenters. The molecule has 0 radical (unpaired) electrons. The highest BCUT2D eigenvalue weighted by Crippen LogP contribution is 2.19. The molecular weight excluding hydrogens is 242 g/mol. The van der Waals surface area contributed by atoms with Gasteiger partial charge in [0.05, 0.1) is 22.9 Å². The normalized spacial score (nSPS) is 10.2. The van der Waals surface area contributed by atoms with Gasteiger partial charge in [0.1, 0.15) is 0 Å². The van der Waals surface area contributed by atoms with Crippen molar-refractivity contribution in [3.63, 3.8) is 0 Å². The van der Waals surface area contributed by atoms with E-state index in [0.717, 1.165) is 19.3 Å². The van der Waals surface area contributed by atoms with E-state index in [1.807, 2.05) is 0 Å². The summed E-state index contributed by atoms with van der Waals surface area (Å²) in [6.07, 6.45) is 2.31. The second kappa shape index (κ2) is 7.14. The molecule has 0 amide bonds. The number of nitrogens with two attached hydrogens (primary N) is 1. The molecule has 1 aromatic carbocycles. The molecular formula is C12H16ClNO3. The lowest BCUT2D eigenvalue weighted by Gasteiger charge is -2.05. The van der Waals surface area contributed by atoms with Gasteiger partial charge in [0.15, 0.2) is 0 Å². The molecule has 3 N–H and O–H groups in total. The number of ether oxygens (including phenoxy) is 1. The highest BCUT2D eigenvalue weighted by molar-refractivity contribution is 6.33. The highest BCUT2D eigenvalue weighted by Gasteiger charge is 2.08. The molecule has 0 aliphatic carbocycles. The van der Waals surface area contributed by atoms with Crippen molar-refractivity contribution in [2.24, 2.45) is 0 Å². The number of hydrogen-bond donors (Lipinski definition) is 2. The highest BCUT2D eigenvalue weighted by atomic mass is 35.5. The van der Waals surface area contributed by atoms with Gasteiger partial charge in [0.2, 0.25) is 0 Å². The van der Waals surface area contributed by atoms with Gasteiger partial charge in [-0.3, -0.25) is 0 Å². The summed E-state index contributed by atoms with van der Waals surface area (Å²) in [5, 5.41) is 9.00. The second-order valence-corrected chi connectivity index (χ2v) is 4.06. The molecule has 17 heavy (non-hydrogen) atoms. The monoisotopic (exact) mass is 257 g/mol. The number of benzene rings is 1. The Hall–Kier alpha value is -1.26. The average Bonchev–Trinajstić information content (AvgIpc) is 2.32. The summed E-state index contributed by atoms with van der Waals surface area (Å²) in [7, 11) is 0. The summed E-state index contributed by atoms with van der Waals surface area (Å²) in [5.74, 6) is -0.405. The van der Waals surface area contributed by atoms with E-state index in [1.54, 1.807) is 12.1 Å². The Morgan fingerprint density at radius 1 is 1.35 bits per heavy atom. The Labute approximate surface area is 105 Å². The van der Waals surface area contributed by atoms with Crippen molar-refractivity contribution in [1.29, 1.82) is 0 Å². The zero-order valence-electron chi connectivity index (χ0n) is 9.49. The predicted octanol–water partition coefficient (Wildman–Crippen LogP) is 2.24. The van der Waals surface area contributed by atoms with Crippen molar-refractivity contribution in [3.8, 4) is 0 Å². The van der Waals surface area contributed by atoms with Gasteiger partial charge < -0.3 is 15.6 Å². The number of anilines is 1. The standard InChI is InChI=1S/C12H16ClNO3/c13-10-5-4-9(8-11(10)14)12(16)17-7-3-1-2-6-15/h4-5,8,15H,1-3,6-7,14H2. The van der Waals surface area contributed by atoms with Crippen LogP contribution >= 0.6 is 11.6 Å². The maximum Gasteiger partial charge on any atom is 0.338 e. The van der Waals surface area contributed by atoms with Crippen molar-refractivity contribution in [1.82, 2.24) is 0 Å². The molecule has 0 saturated carbocycles. The lowest BCUT2D eigenvalue weighted by Crippen LogP contribution is -2.07. The summed E-state index contributed by atoms with van der Waals surface area (Å²) in [5.41, 5.74) is 6.34. The van der Waals surface area contributed by atoms with Gasteiger partial charge in [-0.15, -0.1) is 0 Å². The third-order valence-electron chi connectivity index (χ3n) is 2.27. The van der Waals surface area contributed by atoms with Crippen LogP contribution in [-0.4, -0.2) is 24.3 Å². The minimum absolute atomic E-state index is 0.168. The van der Waals surface area contributed by atoms with Crippen LogP contribution in [0.5, 0.6) is 0 Å². The quantitative estimate of drug-likeness (QED) is 0.466. The van der Waals surface area contributed by atoms with E-state index in [9.17, 15) is 4.79 Å². The van der Waals surface area contributed by atoms with Crippen molar-refractivity contribution < 1.29 is 14.6 Å². The third-order valence-corrected chi connectivity index (χ3v) is 2.61. The molecule has 0 aliphatic heterocycles. The number of aliphatic hydroxyl groups excluding tert-OH is 1. The molecule has 5 heteroatoms. The summed E-state index contributed by atoms with van der Waals surface area (Å²) in [6, 6.07) is 4.65. The number of aliphatic hydroxyl groups is 1. The van der Waals surface area contributed by atoms with Crippen LogP contribution in [0.1, 0.15) is 29.6 Å². The van der Waals surface area contributed by atoms with E-state index in [-0.39, 0.29) is 6.61 Å². The number of unbranched alkanes of at least 4 members (excludes halogenated alkanes) is 2. The molecule has 0 aliphatic rings. The first-order valence-electron chi connectivity index (χ1n) is 5.48. The minimum Gasteiger partial charge on any atom is -0.462 e. The molecule has 0 heterocycles. The summed E-state index contributed by atoms with van der Waals surface area (Å²) in [6.45, 7) is 0.517. The van der Waals surface area contributed by atoms with Crippen molar-refractivity contribution in [3.05, 3.63) is 28.8 Å². The second-order valence-electron chi connectivity index (χ2n) is 3.66. The number of esters is 1. The number of carbonyl (C=O) groups excluding carboxylic acids is 1. The predicted molar refractivity (Wildman–Crippen MR) is 67.1 cm³/mol. The lowest BCUT2D eigenvalue weighted by molar-refractivity contribution is 0.0497. The Morgan fingerprint density at radius 2 is 2.12 bits per heavy atom. The minimum atomic E-state index is -0.405. The van der Waals surface area contributed by atoms with Crippen LogP contribution in [0.25, 0.3) is 0 Å². The van der Waals surface area contributed by atoms with Crippen molar-refractivity contribution in [2.75, 3.05) is 18.9 Å². The van der Waals surface area contributed by atoms with Crippen molar-refractivity contribution >= 4 is 23.3 Å². The van der Waals surface area contributed by atoms with Crippen LogP contribution in [0.2, 0.25) is 5.02 Å². The van der Waals surface area contributed by atoms with Gasteiger partial charge in [-0.05, 0) is 37.5 Å². The fourth-order valence-electron chi connectivity index (χ4n) is 1.31. The first-order chi connectivity index (χ1) is 8.15. The molecule has 0 bridgehead atoms. The van der Waals surface area contributed by atoms with E-state index >= 15 is 0 Å². The molecule has 1 rings (SSSR count). The summed E-state index contributed by atoms with van der Waals surface area (Å²) in [4.78, 5) is 11.6. The van der Waals surface area contributed by atoms with Gasteiger partial charge in [-0.2, -0.15) is 0 Å². The number of carbonyl (C=O) groups is 1. The van der Waals surface area contributed by atoms with Gasteiger partial charge in [0.25, 0.3) is 0 Å². The largest absolute Gasteiger partial charge is 0.462 e. The smallest absolute Gasteiger partial charge is 0.338 e. The van der Waals surface area contributed by atoms with Crippen molar-refractivity contribution in [2.45, 2.75) is 19.3 Å². The third kappa shape index (κ3) is 4.63. The zero-order chi connectivity index (χ0) is 12.7. The van der Waals surface area contributed by atoms with Crippen LogP contribution in [0, 0.1) is 0 Å². The fraction of sp³-hybridized carbons (Fsp3) is 0.417. The summed E-state index contributed by atoms with van der Waals surface area (Å²) >= 11 is 5.75. The molecule has 4 nitrogen and oxygen atoms in total. The summed E-state index contributed by atoms with van der Waals surface area (Å²) < 4.78 is 5.05. The van der Waals surface area contributed by atoms with Crippen LogP contribution in [0.4, 0.5) is 5.69 Å². The van der Waals surface area contributed by atoms with Gasteiger partial charge in [-0.1, -0.05) is 11.6 Å². The molecule has 1 aromatic rings. The van der Waals surface area contributed by atoms with Crippen LogP contribution in [0.15, 0.2) is 18.2 Å². The molecule has 0 atom stereocenters. The maximum absolute atomic E-state index is 11.6. The lowest BCUT2D eigenvalue weighted by atomic mass is 10.2. The van der Waals surface area contributed by atoms with E-state index in [0.29, 0.717) is 22.9 Å². The van der Waals surface area contributed by atoms with E-state index in [4.69, 9.17) is 27.2 Å². The first kappa shape index (κ1) is 13.8. The van der Waals surface area contributed by atoms with Gasteiger partial charge in [-0.25, -0.2) is 4.79 Å². The Morgan fingerprint density at radius 3 is 2.76 bits per heavy atom. The topological polar surface area (TPSA) is 72.6 Å².